The number of nitrogens with one attached hydrogen (secondary N) is 1. The Morgan fingerprint density at radius 1 is 1.80 bits per heavy atom. The van der Waals surface area contributed by atoms with E-state index < -0.39 is 0 Å². The first kappa shape index (κ1) is 7.05. The molecule has 1 aliphatic rings. The van der Waals surface area contributed by atoms with Gasteiger partial charge < -0.3 is 5.32 Å². The zero-order valence-electron chi connectivity index (χ0n) is 6.05. The van der Waals surface area contributed by atoms with E-state index in [1.807, 2.05) is 6.92 Å². The molecule has 1 fully saturated rings. The molecule has 0 saturated carbocycles. The van der Waals surface area contributed by atoms with Crippen LogP contribution in [0.3, 0.4) is 0 Å². The first-order chi connectivity index (χ1) is 4.61. The van der Waals surface area contributed by atoms with E-state index in [1.165, 1.54) is 11.8 Å². The summed E-state index contributed by atoms with van der Waals surface area (Å²) in [7, 11) is 0. The zero-order chi connectivity index (χ0) is 7.72. The average Bonchev–Trinajstić information content (AvgIpc) is 2.10. The summed E-state index contributed by atoms with van der Waals surface area (Å²) < 4.78 is 0. The molecule has 0 aromatic rings. The van der Waals surface area contributed by atoms with Crippen LogP contribution in [0.15, 0.2) is 0 Å². The number of hydrogen-bond donors (Lipinski definition) is 1. The van der Waals surface area contributed by atoms with Crippen molar-refractivity contribution in [1.29, 1.82) is 0 Å². The Bertz CT molecular complexity index is 179. The molecule has 4 nitrogen and oxygen atoms in total. The van der Waals surface area contributed by atoms with Gasteiger partial charge in [0.15, 0.2) is 0 Å². The van der Waals surface area contributed by atoms with Gasteiger partial charge in [0, 0.05) is 13.0 Å². The quantitative estimate of drug-likeness (QED) is 0.515. The highest BCUT2D eigenvalue weighted by Gasteiger charge is 2.27. The molecule has 3 amide bonds. The van der Waals surface area contributed by atoms with E-state index >= 15 is 0 Å². The predicted octanol–water partition coefficient (Wildman–Crippen LogP) is -0.0534. The molecule has 1 aliphatic heterocycles. The van der Waals surface area contributed by atoms with Crippen molar-refractivity contribution in [2.45, 2.75) is 19.9 Å². The van der Waals surface area contributed by atoms with Gasteiger partial charge in [0.05, 0.1) is 6.54 Å². The van der Waals surface area contributed by atoms with Crippen LogP contribution in [-0.4, -0.2) is 29.4 Å². The van der Waals surface area contributed by atoms with Crippen molar-refractivity contribution in [2.75, 3.05) is 6.54 Å². The van der Waals surface area contributed by atoms with Crippen molar-refractivity contribution in [1.82, 2.24) is 10.2 Å². The van der Waals surface area contributed by atoms with Crippen LogP contribution in [0.4, 0.5) is 4.79 Å². The van der Waals surface area contributed by atoms with Crippen LogP contribution in [0.2, 0.25) is 0 Å². The Balaban J connectivity index is 2.63. The van der Waals surface area contributed by atoms with Gasteiger partial charge in [-0.2, -0.15) is 0 Å². The smallest absolute Gasteiger partial charge is 0.324 e. The second kappa shape index (κ2) is 2.28. The molecule has 56 valence electrons. The summed E-state index contributed by atoms with van der Waals surface area (Å²) in [5.41, 5.74) is 0. The minimum atomic E-state index is -0.278. The zero-order valence-corrected chi connectivity index (χ0v) is 6.05. The lowest BCUT2D eigenvalue weighted by Gasteiger charge is -2.06. The van der Waals surface area contributed by atoms with Gasteiger partial charge >= 0.3 is 6.03 Å². The van der Waals surface area contributed by atoms with Crippen molar-refractivity contribution in [2.24, 2.45) is 0 Å². The number of imide groups is 1. The van der Waals surface area contributed by atoms with E-state index in [0.29, 0.717) is 6.54 Å². The van der Waals surface area contributed by atoms with Gasteiger partial charge in [-0.05, 0) is 6.92 Å². The number of urea groups is 1. The van der Waals surface area contributed by atoms with Gasteiger partial charge in [-0.25, -0.2) is 4.79 Å². The first-order valence-corrected chi connectivity index (χ1v) is 3.20. The van der Waals surface area contributed by atoms with E-state index in [1.54, 1.807) is 0 Å². The maximum Gasteiger partial charge on any atom is 0.324 e. The molecule has 0 spiro atoms. The SMILES string of the molecule is CC(=O)N1CC(C)NC1=O. The summed E-state index contributed by atoms with van der Waals surface area (Å²) in [5, 5.41) is 2.61. The molecule has 0 radical (unpaired) electrons. The summed E-state index contributed by atoms with van der Waals surface area (Å²) in [6.07, 6.45) is 0. The van der Waals surface area contributed by atoms with E-state index in [-0.39, 0.29) is 18.0 Å². The van der Waals surface area contributed by atoms with Gasteiger partial charge in [-0.15, -0.1) is 0 Å². The van der Waals surface area contributed by atoms with Crippen LogP contribution in [0.25, 0.3) is 0 Å². The lowest BCUT2D eigenvalue weighted by atomic mass is 10.4. The van der Waals surface area contributed by atoms with E-state index in [9.17, 15) is 9.59 Å². The first-order valence-electron chi connectivity index (χ1n) is 3.20. The largest absolute Gasteiger partial charge is 0.333 e. The predicted molar refractivity (Wildman–Crippen MR) is 35.4 cm³/mol. The highest BCUT2D eigenvalue weighted by molar-refractivity contribution is 5.94. The molecule has 1 atom stereocenters. The number of amides is 3. The molecule has 4 heteroatoms. The second-order valence-corrected chi connectivity index (χ2v) is 2.48. The van der Waals surface area contributed by atoms with Crippen LogP contribution >= 0.6 is 0 Å². The van der Waals surface area contributed by atoms with Gasteiger partial charge in [-0.1, -0.05) is 0 Å². The molecule has 1 saturated heterocycles. The van der Waals surface area contributed by atoms with Crippen molar-refractivity contribution in [3.05, 3.63) is 0 Å². The monoisotopic (exact) mass is 142 g/mol. The third kappa shape index (κ3) is 1.10. The molecule has 0 aromatic heterocycles. The van der Waals surface area contributed by atoms with Gasteiger partial charge in [0.2, 0.25) is 5.91 Å². The van der Waals surface area contributed by atoms with Gasteiger partial charge in [0.1, 0.15) is 0 Å². The molecular formula is C6H10N2O2. The van der Waals surface area contributed by atoms with Crippen molar-refractivity contribution in [3.8, 4) is 0 Å². The third-order valence-corrected chi connectivity index (χ3v) is 1.45. The second-order valence-electron chi connectivity index (χ2n) is 2.48. The molecule has 0 bridgehead atoms. The van der Waals surface area contributed by atoms with Crippen LogP contribution in [-0.2, 0) is 4.79 Å². The van der Waals surface area contributed by atoms with Crippen LogP contribution in [0.5, 0.6) is 0 Å². The fraction of sp³-hybridized carbons (Fsp3) is 0.667. The summed E-state index contributed by atoms with van der Waals surface area (Å²) in [6.45, 7) is 3.74. The fourth-order valence-electron chi connectivity index (χ4n) is 0.963. The molecule has 1 unspecified atom stereocenters. The Morgan fingerprint density at radius 3 is 2.60 bits per heavy atom. The van der Waals surface area contributed by atoms with Crippen LogP contribution in [0.1, 0.15) is 13.8 Å². The maximum absolute atomic E-state index is 10.8. The summed E-state index contributed by atoms with van der Waals surface area (Å²) >= 11 is 0. The summed E-state index contributed by atoms with van der Waals surface area (Å²) in [5.74, 6) is -0.193. The van der Waals surface area contributed by atoms with E-state index in [0.717, 1.165) is 0 Å². The molecular weight excluding hydrogens is 132 g/mol. The number of rotatable bonds is 0. The molecule has 1 N–H and O–H groups in total. The highest BCUT2D eigenvalue weighted by Crippen LogP contribution is 2.02. The van der Waals surface area contributed by atoms with Crippen LogP contribution in [0, 0.1) is 0 Å². The number of carbonyl (C=O) groups excluding carboxylic acids is 2. The minimum absolute atomic E-state index is 0.0939. The lowest BCUT2D eigenvalue weighted by Crippen LogP contribution is -2.32. The summed E-state index contributed by atoms with van der Waals surface area (Å²) in [4.78, 5) is 22.7. The third-order valence-electron chi connectivity index (χ3n) is 1.45. The van der Waals surface area contributed by atoms with Crippen molar-refractivity contribution >= 4 is 11.9 Å². The maximum atomic E-state index is 10.8. The molecule has 10 heavy (non-hydrogen) atoms. The lowest BCUT2D eigenvalue weighted by molar-refractivity contribution is -0.125. The topological polar surface area (TPSA) is 49.4 Å². The number of nitrogens with zero attached hydrogens (tertiary/aromatic N) is 1. The Hall–Kier alpha value is -1.06. The number of carbonyl (C=O) groups is 2. The number of hydrogen-bond acceptors (Lipinski definition) is 2. The normalized spacial score (nSPS) is 24.8. The molecule has 1 rings (SSSR count). The molecule has 0 aliphatic carbocycles. The van der Waals surface area contributed by atoms with E-state index in [2.05, 4.69) is 5.32 Å². The average molecular weight is 142 g/mol. The standard InChI is InChI=1S/C6H10N2O2/c1-4-3-8(5(2)9)6(10)7-4/h4H,3H2,1-2H3,(H,7,10). The van der Waals surface area contributed by atoms with Gasteiger partial charge in [-0.3, -0.25) is 9.69 Å². The van der Waals surface area contributed by atoms with E-state index in [4.69, 9.17) is 0 Å². The Labute approximate surface area is 59.2 Å². The molecule has 1 heterocycles. The fourth-order valence-corrected chi connectivity index (χ4v) is 0.963. The van der Waals surface area contributed by atoms with Gasteiger partial charge in [0.25, 0.3) is 0 Å². The highest BCUT2D eigenvalue weighted by atomic mass is 16.2. The van der Waals surface area contributed by atoms with Crippen molar-refractivity contribution < 1.29 is 9.59 Å². The van der Waals surface area contributed by atoms with Crippen molar-refractivity contribution in [3.63, 3.8) is 0 Å². The minimum Gasteiger partial charge on any atom is -0.333 e. The van der Waals surface area contributed by atoms with Crippen LogP contribution < -0.4 is 5.32 Å². The molecule has 0 aromatic carbocycles. The Morgan fingerprint density at radius 2 is 2.40 bits per heavy atom. The summed E-state index contributed by atoms with van der Waals surface area (Å²) in [6, 6.07) is -0.184. The Kier molecular flexibility index (Phi) is 1.61.